The molecule has 0 heterocycles. The van der Waals surface area contributed by atoms with Crippen LogP contribution in [0.3, 0.4) is 0 Å². The molecule has 3 unspecified atom stereocenters. The minimum atomic E-state index is -1.42. The number of carboxylic acids is 2. The molecule has 0 aromatic heterocycles. The smallest absolute Gasteiger partial charge is 0.326 e. The summed E-state index contributed by atoms with van der Waals surface area (Å²) in [4.78, 5) is 58.0. The summed E-state index contributed by atoms with van der Waals surface area (Å²) in [5, 5.41) is 24.8. The van der Waals surface area contributed by atoms with Gasteiger partial charge in [-0.2, -0.15) is 12.6 Å². The van der Waals surface area contributed by atoms with Crippen LogP contribution >= 0.6 is 12.6 Å². The normalized spacial score (nSPS) is 13.6. The van der Waals surface area contributed by atoms with E-state index in [-0.39, 0.29) is 18.6 Å². The summed E-state index contributed by atoms with van der Waals surface area (Å²) in [5.41, 5.74) is 10.9. The molecule has 166 valence electrons. The van der Waals surface area contributed by atoms with Gasteiger partial charge in [0.25, 0.3) is 0 Å². The molecular weight excluding hydrogens is 406 g/mol. The number of carbonyl (C=O) groups excluding carboxylic acids is 3. The number of hydrogen-bond donors (Lipinski definition) is 8. The van der Waals surface area contributed by atoms with Gasteiger partial charge in [-0.15, -0.1) is 0 Å². The SMILES string of the molecule is NCCCCC(NC(=O)CNC(=O)C(N)CS)C(=O)NC(CCC(=O)O)C(=O)O. The highest BCUT2D eigenvalue weighted by Crippen LogP contribution is 2.04. The fourth-order valence-electron chi connectivity index (χ4n) is 2.19. The van der Waals surface area contributed by atoms with E-state index >= 15 is 0 Å². The van der Waals surface area contributed by atoms with Crippen molar-refractivity contribution in [2.75, 3.05) is 18.8 Å². The zero-order chi connectivity index (χ0) is 22.4. The van der Waals surface area contributed by atoms with E-state index in [2.05, 4.69) is 28.6 Å². The van der Waals surface area contributed by atoms with Crippen LogP contribution in [0.5, 0.6) is 0 Å². The molecule has 0 aliphatic heterocycles. The molecule has 0 radical (unpaired) electrons. The van der Waals surface area contributed by atoms with E-state index in [1.165, 1.54) is 0 Å². The lowest BCUT2D eigenvalue weighted by atomic mass is 10.1. The van der Waals surface area contributed by atoms with Crippen molar-refractivity contribution in [2.45, 2.75) is 50.2 Å². The van der Waals surface area contributed by atoms with E-state index in [0.717, 1.165) is 0 Å². The predicted octanol–water partition coefficient (Wildman–Crippen LogP) is -2.59. The number of thiol groups is 1. The first kappa shape index (κ1) is 26.6. The number of aliphatic carboxylic acids is 2. The lowest BCUT2D eigenvalue weighted by molar-refractivity contribution is -0.143. The van der Waals surface area contributed by atoms with E-state index in [0.29, 0.717) is 19.4 Å². The number of hydrogen-bond acceptors (Lipinski definition) is 8. The molecule has 0 saturated heterocycles. The van der Waals surface area contributed by atoms with Crippen molar-refractivity contribution in [2.24, 2.45) is 11.5 Å². The van der Waals surface area contributed by atoms with E-state index in [1.807, 2.05) is 0 Å². The van der Waals surface area contributed by atoms with Gasteiger partial charge in [-0.05, 0) is 32.2 Å². The molecule has 0 rings (SSSR count). The number of amides is 3. The van der Waals surface area contributed by atoms with Crippen LogP contribution in [0.1, 0.15) is 32.1 Å². The van der Waals surface area contributed by atoms with E-state index in [9.17, 15) is 24.0 Å². The Labute approximate surface area is 173 Å². The molecule has 0 spiro atoms. The monoisotopic (exact) mass is 435 g/mol. The second-order valence-corrected chi connectivity index (χ2v) is 6.61. The Morgan fingerprint density at radius 1 is 0.931 bits per heavy atom. The van der Waals surface area contributed by atoms with Crippen LogP contribution in [0.25, 0.3) is 0 Å². The number of nitrogens with one attached hydrogen (secondary N) is 3. The average Bonchev–Trinajstić information content (AvgIpc) is 2.67. The Balaban J connectivity index is 4.92. The van der Waals surface area contributed by atoms with Crippen LogP contribution in [0, 0.1) is 0 Å². The number of carbonyl (C=O) groups is 5. The lowest BCUT2D eigenvalue weighted by Gasteiger charge is -2.21. The first-order chi connectivity index (χ1) is 13.6. The van der Waals surface area contributed by atoms with E-state index < -0.39 is 60.8 Å². The largest absolute Gasteiger partial charge is 0.481 e. The molecule has 0 bridgehead atoms. The Hall–Kier alpha value is -2.38. The summed E-state index contributed by atoms with van der Waals surface area (Å²) >= 11 is 3.87. The molecule has 0 aliphatic rings. The topological polar surface area (TPSA) is 214 Å². The molecule has 3 amide bonds. The van der Waals surface area contributed by atoms with Crippen molar-refractivity contribution < 1.29 is 34.2 Å². The quantitative estimate of drug-likeness (QED) is 0.0998. The summed E-state index contributed by atoms with van der Waals surface area (Å²) in [6, 6.07) is -3.38. The summed E-state index contributed by atoms with van der Waals surface area (Å²) in [5.74, 6) is -4.53. The van der Waals surface area contributed by atoms with E-state index in [4.69, 9.17) is 21.7 Å². The van der Waals surface area contributed by atoms with Crippen LogP contribution in [0.4, 0.5) is 0 Å². The highest BCUT2D eigenvalue weighted by molar-refractivity contribution is 7.80. The van der Waals surface area contributed by atoms with Crippen molar-refractivity contribution in [3.63, 3.8) is 0 Å². The van der Waals surface area contributed by atoms with Crippen molar-refractivity contribution in [1.82, 2.24) is 16.0 Å². The fourth-order valence-corrected chi connectivity index (χ4v) is 2.35. The molecule has 13 heteroatoms. The molecule has 3 atom stereocenters. The minimum Gasteiger partial charge on any atom is -0.481 e. The third-order valence-corrected chi connectivity index (χ3v) is 4.21. The van der Waals surface area contributed by atoms with Crippen LogP contribution in [-0.2, 0) is 24.0 Å². The fraction of sp³-hybridized carbons (Fsp3) is 0.688. The van der Waals surface area contributed by atoms with Gasteiger partial charge in [0.15, 0.2) is 0 Å². The minimum absolute atomic E-state index is 0.0878. The van der Waals surface area contributed by atoms with Gasteiger partial charge in [0.1, 0.15) is 12.1 Å². The Kier molecular flexibility index (Phi) is 13.4. The number of nitrogens with two attached hydrogens (primary N) is 2. The second-order valence-electron chi connectivity index (χ2n) is 6.24. The van der Waals surface area contributed by atoms with Gasteiger partial charge in [-0.3, -0.25) is 19.2 Å². The molecule has 0 aromatic rings. The predicted molar refractivity (Wildman–Crippen MR) is 106 cm³/mol. The molecule has 12 nitrogen and oxygen atoms in total. The maximum Gasteiger partial charge on any atom is 0.326 e. The number of carboxylic acid groups (broad SMARTS) is 2. The van der Waals surface area contributed by atoms with Crippen LogP contribution in [0.15, 0.2) is 0 Å². The van der Waals surface area contributed by atoms with Crippen LogP contribution < -0.4 is 27.4 Å². The highest BCUT2D eigenvalue weighted by atomic mass is 32.1. The van der Waals surface area contributed by atoms with Crippen molar-refractivity contribution in [1.29, 1.82) is 0 Å². The summed E-state index contributed by atoms with van der Waals surface area (Å²) in [7, 11) is 0. The summed E-state index contributed by atoms with van der Waals surface area (Å²) in [6.45, 7) is -0.0569. The molecule has 0 saturated carbocycles. The maximum atomic E-state index is 12.4. The van der Waals surface area contributed by atoms with Crippen molar-refractivity contribution in [3.8, 4) is 0 Å². The summed E-state index contributed by atoms with van der Waals surface area (Å²) < 4.78 is 0. The Morgan fingerprint density at radius 2 is 1.59 bits per heavy atom. The molecule has 0 aliphatic carbocycles. The molecule has 0 aromatic carbocycles. The third kappa shape index (κ3) is 11.9. The first-order valence-corrected chi connectivity index (χ1v) is 9.64. The van der Waals surface area contributed by atoms with Crippen LogP contribution in [0.2, 0.25) is 0 Å². The van der Waals surface area contributed by atoms with Crippen LogP contribution in [-0.4, -0.2) is 76.8 Å². The first-order valence-electron chi connectivity index (χ1n) is 9.00. The van der Waals surface area contributed by atoms with Gasteiger partial charge in [0, 0.05) is 12.2 Å². The highest BCUT2D eigenvalue weighted by Gasteiger charge is 2.27. The maximum absolute atomic E-state index is 12.4. The van der Waals surface area contributed by atoms with Gasteiger partial charge in [0.2, 0.25) is 17.7 Å². The average molecular weight is 436 g/mol. The van der Waals surface area contributed by atoms with E-state index in [1.54, 1.807) is 0 Å². The summed E-state index contributed by atoms with van der Waals surface area (Å²) in [6.07, 6.45) is 0.494. The number of unbranched alkanes of at least 4 members (excludes halogenated alkanes) is 1. The van der Waals surface area contributed by atoms with Gasteiger partial charge in [0.05, 0.1) is 12.6 Å². The Morgan fingerprint density at radius 3 is 2.10 bits per heavy atom. The van der Waals surface area contributed by atoms with Gasteiger partial charge in [-0.25, -0.2) is 4.79 Å². The zero-order valence-corrected chi connectivity index (χ0v) is 16.8. The van der Waals surface area contributed by atoms with Gasteiger partial charge in [-0.1, -0.05) is 0 Å². The number of rotatable bonds is 15. The molecule has 29 heavy (non-hydrogen) atoms. The van der Waals surface area contributed by atoms with Crippen molar-refractivity contribution in [3.05, 3.63) is 0 Å². The van der Waals surface area contributed by atoms with Crippen molar-refractivity contribution >= 4 is 42.3 Å². The standard InChI is InChI=1S/C16H29N5O7S/c17-6-2-1-3-10(20-12(22)7-19-14(25)9(18)8-29)15(26)21-11(16(27)28)4-5-13(23)24/h9-11,29H,1-8,17-18H2,(H,19,25)(H,20,22)(H,21,26)(H,23,24)(H,27,28). The Bertz CT molecular complexity index is 590. The van der Waals surface area contributed by atoms with Gasteiger partial charge < -0.3 is 37.6 Å². The molecule has 0 fully saturated rings. The van der Waals surface area contributed by atoms with Gasteiger partial charge >= 0.3 is 11.9 Å². The lowest BCUT2D eigenvalue weighted by Crippen LogP contribution is -2.53. The molecule has 9 N–H and O–H groups in total. The second kappa shape index (κ2) is 14.6. The molecular formula is C16H29N5O7S. The zero-order valence-electron chi connectivity index (χ0n) is 15.9. The third-order valence-electron chi connectivity index (χ3n) is 3.82.